The number of aryl methyl sites for hydroxylation is 1. The Hall–Kier alpha value is -2.30. The van der Waals surface area contributed by atoms with Crippen LogP contribution < -0.4 is 10.6 Å². The molecule has 1 heterocycles. The van der Waals surface area contributed by atoms with Gasteiger partial charge in [-0.25, -0.2) is 0 Å². The fourth-order valence-corrected chi connectivity index (χ4v) is 1.90. The molecule has 0 saturated heterocycles. The fourth-order valence-electron chi connectivity index (χ4n) is 1.90. The number of rotatable bonds is 5. The summed E-state index contributed by atoms with van der Waals surface area (Å²) in [6, 6.07) is 7.48. The molecule has 19 heavy (non-hydrogen) atoms. The van der Waals surface area contributed by atoms with Crippen LogP contribution in [0.5, 0.6) is 0 Å². The summed E-state index contributed by atoms with van der Waals surface area (Å²) >= 11 is 0. The summed E-state index contributed by atoms with van der Waals surface area (Å²) in [6.45, 7) is 3.21. The first kappa shape index (κ1) is 13.1. The summed E-state index contributed by atoms with van der Waals surface area (Å²) < 4.78 is 1.79. The molecule has 5 nitrogen and oxygen atoms in total. The van der Waals surface area contributed by atoms with Crippen LogP contribution in [0.3, 0.4) is 0 Å². The lowest BCUT2D eigenvalue weighted by atomic mass is 10.1. The third-order valence-electron chi connectivity index (χ3n) is 2.94. The first-order chi connectivity index (χ1) is 9.20. The quantitative estimate of drug-likeness (QED) is 0.857. The van der Waals surface area contributed by atoms with Crippen molar-refractivity contribution in [2.45, 2.75) is 13.5 Å². The van der Waals surface area contributed by atoms with Crippen LogP contribution in [0, 0.1) is 6.92 Å². The number of hydrogen-bond acceptors (Lipinski definition) is 3. The lowest BCUT2D eigenvalue weighted by Crippen LogP contribution is -2.27. The Morgan fingerprint density at radius 1 is 1.42 bits per heavy atom. The van der Waals surface area contributed by atoms with Crippen LogP contribution in [-0.2, 0) is 6.54 Å². The van der Waals surface area contributed by atoms with E-state index in [1.165, 1.54) is 0 Å². The zero-order valence-corrected chi connectivity index (χ0v) is 11.2. The van der Waals surface area contributed by atoms with Crippen molar-refractivity contribution >= 4 is 11.6 Å². The molecule has 0 spiro atoms. The number of aromatic nitrogens is 2. The smallest absolute Gasteiger partial charge is 0.251 e. The summed E-state index contributed by atoms with van der Waals surface area (Å²) in [5.74, 6) is -0.0575. The van der Waals surface area contributed by atoms with E-state index in [4.69, 9.17) is 0 Å². The minimum atomic E-state index is -0.0575. The molecular formula is C14H18N4O. The second-order valence-corrected chi connectivity index (χ2v) is 4.30. The molecule has 2 rings (SSSR count). The van der Waals surface area contributed by atoms with Crippen molar-refractivity contribution in [3.63, 3.8) is 0 Å². The van der Waals surface area contributed by atoms with Gasteiger partial charge in [0.1, 0.15) is 0 Å². The van der Waals surface area contributed by atoms with Gasteiger partial charge in [-0.05, 0) is 36.8 Å². The van der Waals surface area contributed by atoms with E-state index in [2.05, 4.69) is 15.7 Å². The highest BCUT2D eigenvalue weighted by molar-refractivity contribution is 5.94. The molecule has 1 aromatic carbocycles. The predicted molar refractivity (Wildman–Crippen MR) is 75.3 cm³/mol. The zero-order valence-electron chi connectivity index (χ0n) is 11.2. The molecule has 5 heteroatoms. The highest BCUT2D eigenvalue weighted by atomic mass is 16.1. The molecule has 100 valence electrons. The van der Waals surface area contributed by atoms with Gasteiger partial charge in [-0.1, -0.05) is 0 Å². The van der Waals surface area contributed by atoms with Gasteiger partial charge in [0.2, 0.25) is 0 Å². The van der Waals surface area contributed by atoms with E-state index in [-0.39, 0.29) is 5.91 Å². The van der Waals surface area contributed by atoms with Crippen LogP contribution in [-0.4, -0.2) is 29.3 Å². The maximum absolute atomic E-state index is 12.0. The lowest BCUT2D eigenvalue weighted by molar-refractivity contribution is 0.0952. The van der Waals surface area contributed by atoms with E-state index in [0.717, 1.165) is 11.3 Å². The van der Waals surface area contributed by atoms with E-state index in [9.17, 15) is 4.79 Å². The van der Waals surface area contributed by atoms with Gasteiger partial charge in [0.15, 0.2) is 0 Å². The molecule has 0 radical (unpaired) electrons. The second-order valence-electron chi connectivity index (χ2n) is 4.30. The maximum Gasteiger partial charge on any atom is 0.251 e. The van der Waals surface area contributed by atoms with E-state index in [1.807, 2.05) is 44.4 Å². The van der Waals surface area contributed by atoms with E-state index in [0.29, 0.717) is 18.7 Å². The third kappa shape index (κ3) is 3.34. The number of nitrogens with one attached hydrogen (secondary N) is 2. The van der Waals surface area contributed by atoms with Gasteiger partial charge in [-0.3, -0.25) is 9.48 Å². The van der Waals surface area contributed by atoms with Crippen LogP contribution in [0.1, 0.15) is 15.9 Å². The van der Waals surface area contributed by atoms with Crippen molar-refractivity contribution in [2.24, 2.45) is 0 Å². The minimum Gasteiger partial charge on any atom is -0.388 e. The number of carbonyl (C=O) groups is 1. The third-order valence-corrected chi connectivity index (χ3v) is 2.94. The fraction of sp³-hybridized carbons (Fsp3) is 0.286. The highest BCUT2D eigenvalue weighted by Gasteiger charge is 2.06. The first-order valence-electron chi connectivity index (χ1n) is 6.25. The lowest BCUT2D eigenvalue weighted by Gasteiger charge is -2.09. The summed E-state index contributed by atoms with van der Waals surface area (Å²) in [7, 11) is 1.87. The molecule has 1 amide bonds. The Bertz CT molecular complexity index is 549. The predicted octanol–water partition coefficient (Wildman–Crippen LogP) is 1.66. The van der Waals surface area contributed by atoms with Crippen molar-refractivity contribution < 1.29 is 4.79 Å². The van der Waals surface area contributed by atoms with Gasteiger partial charge < -0.3 is 10.6 Å². The van der Waals surface area contributed by atoms with Crippen molar-refractivity contribution in [3.05, 3.63) is 47.8 Å². The number of nitrogens with zero attached hydrogens (tertiary/aromatic N) is 2. The largest absolute Gasteiger partial charge is 0.388 e. The van der Waals surface area contributed by atoms with Gasteiger partial charge >= 0.3 is 0 Å². The van der Waals surface area contributed by atoms with Crippen LogP contribution in [0.25, 0.3) is 0 Å². The normalized spacial score (nSPS) is 10.2. The SMILES string of the molecule is CNc1ccc(C(=O)NCCn2cccn2)cc1C. The molecule has 0 aliphatic rings. The van der Waals surface area contributed by atoms with Crippen LogP contribution in [0.15, 0.2) is 36.7 Å². The standard InChI is InChI=1S/C14H18N4O/c1-11-10-12(4-5-13(11)15-2)14(19)16-7-9-18-8-3-6-17-18/h3-6,8,10,15H,7,9H2,1-2H3,(H,16,19). The van der Waals surface area contributed by atoms with Gasteiger partial charge in [0.05, 0.1) is 6.54 Å². The average Bonchev–Trinajstić information content (AvgIpc) is 2.91. The number of anilines is 1. The molecule has 0 fully saturated rings. The molecule has 0 saturated carbocycles. The van der Waals surface area contributed by atoms with Crippen molar-refractivity contribution in [2.75, 3.05) is 18.9 Å². The molecule has 0 aliphatic carbocycles. The van der Waals surface area contributed by atoms with Crippen molar-refractivity contribution in [1.29, 1.82) is 0 Å². The van der Waals surface area contributed by atoms with Crippen LogP contribution in [0.4, 0.5) is 5.69 Å². The number of carbonyl (C=O) groups excluding carboxylic acids is 1. The Labute approximate surface area is 112 Å². The molecule has 0 bridgehead atoms. The number of hydrogen-bond donors (Lipinski definition) is 2. The maximum atomic E-state index is 12.0. The molecule has 0 atom stereocenters. The molecule has 2 aromatic rings. The molecule has 1 aromatic heterocycles. The van der Waals surface area contributed by atoms with E-state index < -0.39 is 0 Å². The summed E-state index contributed by atoms with van der Waals surface area (Å²) in [6.07, 6.45) is 3.60. The summed E-state index contributed by atoms with van der Waals surface area (Å²) in [5, 5.41) is 10.0. The van der Waals surface area contributed by atoms with Crippen LogP contribution in [0.2, 0.25) is 0 Å². The van der Waals surface area contributed by atoms with Gasteiger partial charge in [0.25, 0.3) is 5.91 Å². The minimum absolute atomic E-state index is 0.0575. The van der Waals surface area contributed by atoms with E-state index >= 15 is 0 Å². The Balaban J connectivity index is 1.91. The highest BCUT2D eigenvalue weighted by Crippen LogP contribution is 2.15. The second kappa shape index (κ2) is 6.04. The Morgan fingerprint density at radius 3 is 2.89 bits per heavy atom. The summed E-state index contributed by atoms with van der Waals surface area (Å²) in [5.41, 5.74) is 2.77. The first-order valence-corrected chi connectivity index (χ1v) is 6.25. The van der Waals surface area contributed by atoms with Crippen molar-refractivity contribution in [1.82, 2.24) is 15.1 Å². The topological polar surface area (TPSA) is 59.0 Å². The number of benzene rings is 1. The zero-order chi connectivity index (χ0) is 13.7. The van der Waals surface area contributed by atoms with Crippen LogP contribution >= 0.6 is 0 Å². The molecule has 2 N–H and O–H groups in total. The molecule has 0 unspecified atom stereocenters. The Morgan fingerprint density at radius 2 is 2.26 bits per heavy atom. The van der Waals surface area contributed by atoms with Gasteiger partial charge in [-0.2, -0.15) is 5.10 Å². The molecular weight excluding hydrogens is 240 g/mol. The van der Waals surface area contributed by atoms with E-state index in [1.54, 1.807) is 10.9 Å². The van der Waals surface area contributed by atoms with Gasteiger partial charge in [0, 0.05) is 37.2 Å². The molecule has 0 aliphatic heterocycles. The number of amides is 1. The Kier molecular flexibility index (Phi) is 4.18. The van der Waals surface area contributed by atoms with Crippen molar-refractivity contribution in [3.8, 4) is 0 Å². The summed E-state index contributed by atoms with van der Waals surface area (Å²) in [4.78, 5) is 12.0. The monoisotopic (exact) mass is 258 g/mol. The van der Waals surface area contributed by atoms with Gasteiger partial charge in [-0.15, -0.1) is 0 Å². The average molecular weight is 258 g/mol.